The number of ether oxygens (including phenoxy) is 1. The molecule has 0 unspecified atom stereocenters. The Hall–Kier alpha value is -5.35. The number of fused-ring (bicyclic) bond motifs is 5. The summed E-state index contributed by atoms with van der Waals surface area (Å²) in [4.78, 5) is 2.12. The van der Waals surface area contributed by atoms with Crippen molar-refractivity contribution in [2.24, 2.45) is 0 Å². The molecule has 0 bridgehead atoms. The fraction of sp³-hybridized carbons (Fsp3) is 0. The summed E-state index contributed by atoms with van der Waals surface area (Å²) in [5.74, 6) is 0.808. The third-order valence-corrected chi connectivity index (χ3v) is 7.53. The van der Waals surface area contributed by atoms with E-state index in [9.17, 15) is 4.39 Å². The first kappa shape index (κ1) is 22.6. The van der Waals surface area contributed by atoms with Crippen molar-refractivity contribution in [2.75, 3.05) is 4.90 Å². The summed E-state index contributed by atoms with van der Waals surface area (Å²) < 4.78 is 26.6. The number of benzene rings is 6. The van der Waals surface area contributed by atoms with E-state index in [1.807, 2.05) is 48.5 Å². The normalized spacial score (nSPS) is 12.3. The van der Waals surface area contributed by atoms with E-state index in [4.69, 9.17) is 9.15 Å². The second-order valence-electron chi connectivity index (χ2n) is 9.95. The van der Waals surface area contributed by atoms with Gasteiger partial charge in [-0.05, 0) is 76.9 Å². The lowest BCUT2D eigenvalue weighted by Gasteiger charge is -2.33. The van der Waals surface area contributed by atoms with Crippen LogP contribution >= 0.6 is 0 Å². The molecule has 0 saturated carbocycles. The molecule has 0 radical (unpaired) electrons. The van der Waals surface area contributed by atoms with E-state index in [0.717, 1.165) is 61.3 Å². The van der Waals surface area contributed by atoms with Gasteiger partial charge in [0.1, 0.15) is 17.0 Å². The quantitative estimate of drug-likeness (QED) is 0.232. The molecule has 3 nitrogen and oxygen atoms in total. The Bertz CT molecular complexity index is 2040. The molecule has 7 aromatic rings. The van der Waals surface area contributed by atoms with Gasteiger partial charge in [-0.3, -0.25) is 0 Å². The van der Waals surface area contributed by atoms with Crippen LogP contribution in [0.5, 0.6) is 11.5 Å². The van der Waals surface area contributed by atoms with Crippen LogP contribution in [0.1, 0.15) is 0 Å². The monoisotopic (exact) mass is 519 g/mol. The molecule has 1 aliphatic rings. The summed E-state index contributed by atoms with van der Waals surface area (Å²) in [5.41, 5.74) is 8.73. The maximum absolute atomic E-state index is 14.3. The van der Waals surface area contributed by atoms with E-state index in [-0.39, 0.29) is 5.82 Å². The van der Waals surface area contributed by atoms with Crippen LogP contribution in [-0.4, -0.2) is 0 Å². The van der Waals surface area contributed by atoms with Gasteiger partial charge in [0.2, 0.25) is 0 Å². The fourth-order valence-corrected chi connectivity index (χ4v) is 5.58. The zero-order chi connectivity index (χ0) is 26.6. The van der Waals surface area contributed by atoms with Gasteiger partial charge in [0.25, 0.3) is 0 Å². The predicted octanol–water partition coefficient (Wildman–Crippen LogP) is 10.6. The van der Waals surface area contributed by atoms with Gasteiger partial charge in [-0.15, -0.1) is 0 Å². The highest BCUT2D eigenvalue weighted by Crippen LogP contribution is 2.51. The average Bonchev–Trinajstić information content (AvgIpc) is 3.38. The third kappa shape index (κ3) is 3.65. The third-order valence-electron chi connectivity index (χ3n) is 7.53. The van der Waals surface area contributed by atoms with Crippen LogP contribution < -0.4 is 9.64 Å². The van der Waals surface area contributed by atoms with Crippen LogP contribution in [0.15, 0.2) is 138 Å². The van der Waals surface area contributed by atoms with Crippen molar-refractivity contribution in [3.63, 3.8) is 0 Å². The van der Waals surface area contributed by atoms with Crippen LogP contribution in [0, 0.1) is 5.82 Å². The van der Waals surface area contributed by atoms with Crippen LogP contribution in [0.25, 0.3) is 44.2 Å². The fourth-order valence-electron chi connectivity index (χ4n) is 5.58. The second-order valence-corrected chi connectivity index (χ2v) is 9.95. The number of rotatable bonds is 3. The summed E-state index contributed by atoms with van der Waals surface area (Å²) in [7, 11) is 0. The van der Waals surface area contributed by atoms with Gasteiger partial charge in [0, 0.05) is 22.5 Å². The highest BCUT2D eigenvalue weighted by molar-refractivity contribution is 6.06. The number of hydrogen-bond acceptors (Lipinski definition) is 3. The summed E-state index contributed by atoms with van der Waals surface area (Å²) in [6.45, 7) is 0. The Labute approximate surface area is 230 Å². The van der Waals surface area contributed by atoms with Crippen molar-refractivity contribution in [3.8, 4) is 33.8 Å². The predicted molar refractivity (Wildman–Crippen MR) is 159 cm³/mol. The summed E-state index contributed by atoms with van der Waals surface area (Å²) in [5, 5.41) is 2.15. The number of anilines is 3. The number of halogens is 1. The van der Waals surface area contributed by atoms with Crippen molar-refractivity contribution in [1.82, 2.24) is 0 Å². The Morgan fingerprint density at radius 2 is 1.10 bits per heavy atom. The number of hydrogen-bond donors (Lipinski definition) is 0. The van der Waals surface area contributed by atoms with Crippen molar-refractivity contribution in [1.29, 1.82) is 0 Å². The van der Waals surface area contributed by atoms with Gasteiger partial charge in [-0.25, -0.2) is 4.39 Å². The minimum absolute atomic E-state index is 0.338. The Morgan fingerprint density at radius 3 is 1.95 bits per heavy atom. The highest BCUT2D eigenvalue weighted by Gasteiger charge is 2.27. The highest BCUT2D eigenvalue weighted by atomic mass is 19.1. The summed E-state index contributed by atoms with van der Waals surface area (Å²) in [6.07, 6.45) is 0. The first-order chi connectivity index (χ1) is 19.7. The molecule has 0 fully saturated rings. The molecule has 0 atom stereocenters. The lowest BCUT2D eigenvalue weighted by molar-refractivity contribution is 0.471. The van der Waals surface area contributed by atoms with Crippen LogP contribution in [-0.2, 0) is 0 Å². The number of nitrogens with zero attached hydrogens (tertiary/aromatic N) is 1. The summed E-state index contributed by atoms with van der Waals surface area (Å²) >= 11 is 0. The zero-order valence-corrected chi connectivity index (χ0v) is 21.3. The van der Waals surface area contributed by atoms with E-state index in [0.29, 0.717) is 11.5 Å². The van der Waals surface area contributed by atoms with Crippen molar-refractivity contribution >= 4 is 39.0 Å². The van der Waals surface area contributed by atoms with Crippen molar-refractivity contribution < 1.29 is 13.5 Å². The maximum Gasteiger partial charge on any atom is 0.154 e. The molecule has 40 heavy (non-hydrogen) atoms. The molecule has 0 N–H and O–H groups in total. The minimum Gasteiger partial charge on any atom is -0.456 e. The first-order valence-corrected chi connectivity index (χ1v) is 13.2. The largest absolute Gasteiger partial charge is 0.456 e. The van der Waals surface area contributed by atoms with Gasteiger partial charge in [-0.1, -0.05) is 72.8 Å². The molecule has 2 heterocycles. The smallest absolute Gasteiger partial charge is 0.154 e. The van der Waals surface area contributed by atoms with Crippen molar-refractivity contribution in [2.45, 2.75) is 0 Å². The Kier molecular flexibility index (Phi) is 5.01. The molecular formula is C36H22FNO2. The van der Waals surface area contributed by atoms with Crippen molar-refractivity contribution in [3.05, 3.63) is 139 Å². The lowest BCUT2D eigenvalue weighted by Crippen LogP contribution is -2.16. The maximum atomic E-state index is 14.3. The molecule has 1 aromatic heterocycles. The zero-order valence-electron chi connectivity index (χ0n) is 21.3. The molecule has 190 valence electrons. The molecule has 8 rings (SSSR count). The molecule has 0 spiro atoms. The van der Waals surface area contributed by atoms with E-state index in [1.54, 1.807) is 6.07 Å². The van der Waals surface area contributed by atoms with Gasteiger partial charge in [0.05, 0.1) is 11.4 Å². The minimum atomic E-state index is -0.338. The van der Waals surface area contributed by atoms with Gasteiger partial charge < -0.3 is 14.1 Å². The standard InChI is InChI=1S/C36H22FNO2/c37-27-14-18-32-36(22-27)40-35-21-26(25-13-19-34-30(20-25)29-8-4-5-9-33(29)39-34)12-17-31(35)38(32)28-15-10-24(11-16-28)23-6-2-1-3-7-23/h1-22H. The second kappa shape index (κ2) is 8.85. The summed E-state index contributed by atoms with van der Waals surface area (Å²) in [6, 6.07) is 43.9. The lowest BCUT2D eigenvalue weighted by atomic mass is 10.0. The Balaban J connectivity index is 1.24. The van der Waals surface area contributed by atoms with Crippen LogP contribution in [0.3, 0.4) is 0 Å². The van der Waals surface area contributed by atoms with Gasteiger partial charge in [0.15, 0.2) is 11.5 Å². The topological polar surface area (TPSA) is 25.6 Å². The molecule has 0 aliphatic carbocycles. The molecule has 0 amide bonds. The molecule has 1 aliphatic heterocycles. The van der Waals surface area contributed by atoms with Crippen LogP contribution in [0.4, 0.5) is 21.5 Å². The van der Waals surface area contributed by atoms with Gasteiger partial charge >= 0.3 is 0 Å². The van der Waals surface area contributed by atoms with Gasteiger partial charge in [-0.2, -0.15) is 0 Å². The molecule has 6 aromatic carbocycles. The molecular weight excluding hydrogens is 497 g/mol. The Morgan fingerprint density at radius 1 is 0.475 bits per heavy atom. The van der Waals surface area contributed by atoms with E-state index in [1.165, 1.54) is 12.1 Å². The first-order valence-electron chi connectivity index (χ1n) is 13.2. The SMILES string of the molecule is Fc1ccc2c(c1)Oc1cc(-c3ccc4oc5ccccc5c4c3)ccc1N2c1ccc(-c2ccccc2)cc1. The van der Waals surface area contributed by atoms with E-state index in [2.05, 4.69) is 71.6 Å². The number of para-hydroxylation sites is 1. The van der Waals surface area contributed by atoms with E-state index < -0.39 is 0 Å². The van der Waals surface area contributed by atoms with Crippen LogP contribution in [0.2, 0.25) is 0 Å². The number of furan rings is 1. The average molecular weight is 520 g/mol. The molecule has 0 saturated heterocycles. The molecule has 4 heteroatoms. The van der Waals surface area contributed by atoms with E-state index >= 15 is 0 Å².